The molecule has 2 amide bonds. The van der Waals surface area contributed by atoms with Crippen molar-refractivity contribution in [3.63, 3.8) is 0 Å². The lowest BCUT2D eigenvalue weighted by Crippen LogP contribution is -2.52. The summed E-state index contributed by atoms with van der Waals surface area (Å²) in [6.45, 7) is 0.425. The van der Waals surface area contributed by atoms with Gasteiger partial charge in [0.15, 0.2) is 17.7 Å². The minimum absolute atomic E-state index is 0.00641. The minimum Gasteiger partial charge on any atom is -0.508 e. The molecule has 3 aliphatic rings. The molecule has 8 heteroatoms. The summed E-state index contributed by atoms with van der Waals surface area (Å²) in [6, 6.07) is 5.37. The van der Waals surface area contributed by atoms with Crippen LogP contribution in [0.3, 0.4) is 0 Å². The van der Waals surface area contributed by atoms with Crippen molar-refractivity contribution in [3.05, 3.63) is 59.6 Å². The molecule has 0 aliphatic carbocycles. The van der Waals surface area contributed by atoms with Crippen LogP contribution in [-0.2, 0) is 16.1 Å². The molecule has 0 bridgehead atoms. The van der Waals surface area contributed by atoms with Crippen LogP contribution >= 0.6 is 0 Å². The van der Waals surface area contributed by atoms with Gasteiger partial charge in [0, 0.05) is 18.9 Å². The van der Waals surface area contributed by atoms with Crippen LogP contribution < -0.4 is 20.1 Å². The number of nitrogens with one attached hydrogen (secondary N) is 2. The second kappa shape index (κ2) is 5.90. The number of hydrogen-bond donors (Lipinski definition) is 3. The van der Waals surface area contributed by atoms with E-state index in [2.05, 4.69) is 10.6 Å². The smallest absolute Gasteiger partial charge is 0.266 e. The van der Waals surface area contributed by atoms with Gasteiger partial charge < -0.3 is 25.2 Å². The highest BCUT2D eigenvalue weighted by atomic mass is 16.7. The number of benzene rings is 1. The Balaban J connectivity index is 1.44. The zero-order valence-electron chi connectivity index (χ0n) is 13.1. The highest BCUT2D eigenvalue weighted by Crippen LogP contribution is 2.32. The topological polar surface area (TPSA) is 100 Å². The second-order valence-electron chi connectivity index (χ2n) is 5.64. The van der Waals surface area contributed by atoms with Crippen LogP contribution in [-0.4, -0.2) is 34.8 Å². The highest BCUT2D eigenvalue weighted by Gasteiger charge is 2.34. The highest BCUT2D eigenvalue weighted by molar-refractivity contribution is 6.19. The van der Waals surface area contributed by atoms with Gasteiger partial charge in [0.2, 0.25) is 6.79 Å². The molecule has 1 unspecified atom stereocenters. The molecule has 1 atom stereocenters. The van der Waals surface area contributed by atoms with Crippen LogP contribution in [0, 0.1) is 0 Å². The maximum atomic E-state index is 12.4. The van der Waals surface area contributed by atoms with E-state index in [1.165, 1.54) is 23.4 Å². The van der Waals surface area contributed by atoms with Gasteiger partial charge in [-0.15, -0.1) is 0 Å². The number of nitrogens with zero attached hydrogens (tertiary/aromatic N) is 1. The Morgan fingerprint density at radius 2 is 2.20 bits per heavy atom. The normalized spacial score (nSPS) is 20.4. The Hall–Kier alpha value is -3.42. The lowest BCUT2D eigenvalue weighted by Gasteiger charge is -2.34. The van der Waals surface area contributed by atoms with Crippen molar-refractivity contribution in [3.8, 4) is 11.5 Å². The van der Waals surface area contributed by atoms with E-state index in [1.807, 2.05) is 6.07 Å². The first-order valence-electron chi connectivity index (χ1n) is 7.66. The summed E-state index contributed by atoms with van der Waals surface area (Å²) in [6.07, 6.45) is 5.18. The van der Waals surface area contributed by atoms with E-state index < -0.39 is 18.0 Å². The summed E-state index contributed by atoms with van der Waals surface area (Å²) in [4.78, 5) is 26.1. The molecule has 128 valence electrons. The summed E-state index contributed by atoms with van der Waals surface area (Å²) in [5.74, 6) is 0.316. The standard InChI is InChI=1S/C17H15N3O5/c21-12-2-1-5-20-15(12)18-8-11(17(20)23)16(22)19-7-10-3-4-13-14(6-10)25-9-24-13/h1-6,8,15,18,21H,7,9H2,(H,19,22). The van der Waals surface area contributed by atoms with Crippen molar-refractivity contribution in [2.45, 2.75) is 12.7 Å². The summed E-state index contributed by atoms with van der Waals surface area (Å²) in [5.41, 5.74) is 0.794. The molecule has 3 N–H and O–H groups in total. The number of rotatable bonds is 3. The number of allylic oxidation sites excluding steroid dienone is 2. The maximum absolute atomic E-state index is 12.4. The first-order chi connectivity index (χ1) is 12.1. The number of aliphatic hydroxyl groups is 1. The van der Waals surface area contributed by atoms with Crippen molar-refractivity contribution in [1.82, 2.24) is 15.5 Å². The number of fused-ring (bicyclic) bond motifs is 2. The largest absolute Gasteiger partial charge is 0.508 e. The van der Waals surface area contributed by atoms with Crippen molar-refractivity contribution >= 4 is 11.8 Å². The quantitative estimate of drug-likeness (QED) is 0.698. The molecular weight excluding hydrogens is 326 g/mol. The van der Waals surface area contributed by atoms with E-state index in [-0.39, 0.29) is 24.7 Å². The van der Waals surface area contributed by atoms with E-state index in [9.17, 15) is 14.7 Å². The number of carbonyl (C=O) groups excluding carboxylic acids is 2. The van der Waals surface area contributed by atoms with Gasteiger partial charge in [-0.05, 0) is 29.8 Å². The molecule has 0 radical (unpaired) electrons. The summed E-state index contributed by atoms with van der Waals surface area (Å²) >= 11 is 0. The number of carbonyl (C=O) groups is 2. The van der Waals surface area contributed by atoms with Gasteiger partial charge in [0.05, 0.1) is 0 Å². The second-order valence-corrected chi connectivity index (χ2v) is 5.64. The molecule has 0 saturated heterocycles. The first-order valence-corrected chi connectivity index (χ1v) is 7.66. The van der Waals surface area contributed by atoms with Crippen LogP contribution in [0.25, 0.3) is 0 Å². The lowest BCUT2D eigenvalue weighted by molar-refractivity contribution is -0.131. The Morgan fingerprint density at radius 3 is 3.08 bits per heavy atom. The Morgan fingerprint density at radius 1 is 1.36 bits per heavy atom. The zero-order valence-corrected chi connectivity index (χ0v) is 13.1. The maximum Gasteiger partial charge on any atom is 0.266 e. The Bertz CT molecular complexity index is 843. The van der Waals surface area contributed by atoms with Gasteiger partial charge >= 0.3 is 0 Å². The summed E-state index contributed by atoms with van der Waals surface area (Å²) in [7, 11) is 0. The van der Waals surface area contributed by atoms with E-state index in [1.54, 1.807) is 18.2 Å². The Kier molecular flexibility index (Phi) is 3.57. The van der Waals surface area contributed by atoms with E-state index >= 15 is 0 Å². The van der Waals surface area contributed by atoms with Crippen molar-refractivity contribution < 1.29 is 24.2 Å². The van der Waals surface area contributed by atoms with Crippen LogP contribution in [0.5, 0.6) is 11.5 Å². The fourth-order valence-corrected chi connectivity index (χ4v) is 2.76. The number of aliphatic hydroxyl groups excluding tert-OH is 1. The minimum atomic E-state index is -0.678. The van der Waals surface area contributed by atoms with Crippen molar-refractivity contribution in [1.29, 1.82) is 0 Å². The molecule has 0 spiro atoms. The van der Waals surface area contributed by atoms with Gasteiger partial charge in [-0.1, -0.05) is 6.07 Å². The van der Waals surface area contributed by atoms with Gasteiger partial charge in [0.25, 0.3) is 11.8 Å². The van der Waals surface area contributed by atoms with Gasteiger partial charge in [-0.2, -0.15) is 0 Å². The molecule has 1 aromatic carbocycles. The molecule has 0 saturated carbocycles. The van der Waals surface area contributed by atoms with Crippen LogP contribution in [0.1, 0.15) is 5.56 Å². The number of hydrogen-bond acceptors (Lipinski definition) is 6. The fraction of sp³-hybridized carbons (Fsp3) is 0.176. The predicted octanol–water partition coefficient (Wildman–Crippen LogP) is 0.642. The lowest BCUT2D eigenvalue weighted by atomic mass is 10.1. The summed E-state index contributed by atoms with van der Waals surface area (Å²) in [5, 5.41) is 15.3. The third-order valence-electron chi connectivity index (χ3n) is 4.06. The molecule has 3 heterocycles. The first kappa shape index (κ1) is 15.1. The molecule has 0 fully saturated rings. The monoisotopic (exact) mass is 341 g/mol. The van der Waals surface area contributed by atoms with E-state index in [0.717, 1.165) is 5.56 Å². The SMILES string of the molecule is O=C(NCc1ccc2c(c1)OCO2)C1=CNC2C(O)=CC=CN2C1=O. The van der Waals surface area contributed by atoms with Crippen molar-refractivity contribution in [2.75, 3.05) is 6.79 Å². The van der Waals surface area contributed by atoms with E-state index in [4.69, 9.17) is 9.47 Å². The molecule has 3 aliphatic heterocycles. The van der Waals surface area contributed by atoms with Crippen LogP contribution in [0.15, 0.2) is 54.1 Å². The molecule has 25 heavy (non-hydrogen) atoms. The third-order valence-corrected chi connectivity index (χ3v) is 4.06. The number of ether oxygens (including phenoxy) is 2. The summed E-state index contributed by atoms with van der Waals surface area (Å²) < 4.78 is 10.5. The van der Waals surface area contributed by atoms with E-state index in [0.29, 0.717) is 11.5 Å². The van der Waals surface area contributed by atoms with Gasteiger partial charge in [-0.25, -0.2) is 0 Å². The molecule has 8 nitrogen and oxygen atoms in total. The Labute approximate surface area is 143 Å². The third kappa shape index (κ3) is 2.67. The molecule has 1 aromatic rings. The predicted molar refractivity (Wildman–Crippen MR) is 86.1 cm³/mol. The average molecular weight is 341 g/mol. The average Bonchev–Trinajstić information content (AvgIpc) is 3.08. The van der Waals surface area contributed by atoms with Crippen molar-refractivity contribution in [2.24, 2.45) is 0 Å². The number of amides is 2. The van der Waals surface area contributed by atoms with Gasteiger partial charge in [0.1, 0.15) is 11.3 Å². The molecule has 0 aromatic heterocycles. The zero-order chi connectivity index (χ0) is 17.4. The molecule has 4 rings (SSSR count). The van der Waals surface area contributed by atoms with Crippen LogP contribution in [0.4, 0.5) is 0 Å². The molecular formula is C17H15N3O5. The fourth-order valence-electron chi connectivity index (χ4n) is 2.76. The van der Waals surface area contributed by atoms with Crippen LogP contribution in [0.2, 0.25) is 0 Å². The van der Waals surface area contributed by atoms with Gasteiger partial charge in [-0.3, -0.25) is 14.5 Å².